The molecule has 4 aliphatic rings. The zero-order valence-electron chi connectivity index (χ0n) is 42.5. The van der Waals surface area contributed by atoms with E-state index < -0.39 is 47.1 Å². The van der Waals surface area contributed by atoms with Gasteiger partial charge in [0, 0.05) is 25.4 Å². The van der Waals surface area contributed by atoms with Crippen LogP contribution in [0.2, 0.25) is 0 Å². The molecule has 1 saturated heterocycles. The summed E-state index contributed by atoms with van der Waals surface area (Å²) >= 11 is 0. The van der Waals surface area contributed by atoms with Crippen LogP contribution in [0.25, 0.3) is 0 Å². The van der Waals surface area contributed by atoms with Crippen LogP contribution in [-0.2, 0) is 54.6 Å². The van der Waals surface area contributed by atoms with E-state index in [1.165, 1.54) is 11.1 Å². The summed E-state index contributed by atoms with van der Waals surface area (Å²) < 4.78 is 0. The van der Waals surface area contributed by atoms with E-state index in [0.717, 1.165) is 66.3 Å². The second kappa shape index (κ2) is 21.2. The van der Waals surface area contributed by atoms with E-state index in [1.54, 1.807) is 37.7 Å². The molecule has 372 valence electrons. The van der Waals surface area contributed by atoms with Crippen molar-refractivity contribution in [2.45, 2.75) is 168 Å². The molecule has 6 amide bonds. The van der Waals surface area contributed by atoms with E-state index in [-0.39, 0.29) is 73.0 Å². The molecule has 3 aromatic rings. The molecule has 0 aromatic heterocycles. The molecule has 14 nitrogen and oxygen atoms in total. The van der Waals surface area contributed by atoms with Gasteiger partial charge in [0.05, 0.1) is 24.2 Å². The minimum absolute atomic E-state index is 0.119. The molecule has 0 bridgehead atoms. The van der Waals surface area contributed by atoms with Crippen LogP contribution in [0, 0.1) is 10.8 Å². The van der Waals surface area contributed by atoms with Crippen LogP contribution in [0.15, 0.2) is 66.7 Å². The minimum Gasteiger partial charge on any atom is -0.347 e. The summed E-state index contributed by atoms with van der Waals surface area (Å²) in [6.07, 6.45) is 5.95. The second-order valence-corrected chi connectivity index (χ2v) is 22.1. The zero-order valence-corrected chi connectivity index (χ0v) is 42.5. The molecular formula is C55H76N8O6. The summed E-state index contributed by atoms with van der Waals surface area (Å²) in [7, 11) is 3.39. The van der Waals surface area contributed by atoms with Gasteiger partial charge in [-0.1, -0.05) is 108 Å². The summed E-state index contributed by atoms with van der Waals surface area (Å²) in [5, 5.41) is 18.6. The summed E-state index contributed by atoms with van der Waals surface area (Å²) in [6.45, 7) is 15.3. The maximum Gasteiger partial charge on any atom is 0.246 e. The molecule has 1 fully saturated rings. The first-order valence-corrected chi connectivity index (χ1v) is 25.1. The van der Waals surface area contributed by atoms with Crippen molar-refractivity contribution in [3.8, 4) is 0 Å². The zero-order chi connectivity index (χ0) is 49.9. The van der Waals surface area contributed by atoms with Gasteiger partial charge in [-0.25, -0.2) is 0 Å². The number of rotatable bonds is 13. The fourth-order valence-corrected chi connectivity index (χ4v) is 10.7. The fourth-order valence-electron chi connectivity index (χ4n) is 10.7. The summed E-state index contributed by atoms with van der Waals surface area (Å²) in [5.41, 5.74) is 5.94. The Morgan fingerprint density at radius 2 is 1.07 bits per heavy atom. The number of nitrogens with one attached hydrogen (secondary N) is 6. The number of hydrogen-bond donors (Lipinski definition) is 6. The van der Waals surface area contributed by atoms with Crippen LogP contribution in [0.5, 0.6) is 0 Å². The lowest BCUT2D eigenvalue weighted by atomic mass is 9.83. The predicted octanol–water partition coefficient (Wildman–Crippen LogP) is 5.29. The van der Waals surface area contributed by atoms with E-state index in [1.807, 2.05) is 77.9 Å². The molecular weight excluding hydrogens is 869 g/mol. The summed E-state index contributed by atoms with van der Waals surface area (Å²) in [6, 6.07) is 17.5. The van der Waals surface area contributed by atoms with Crippen molar-refractivity contribution in [3.05, 3.63) is 106 Å². The molecule has 3 aromatic carbocycles. The third-order valence-electron chi connectivity index (χ3n) is 15.1. The maximum atomic E-state index is 15.1. The van der Waals surface area contributed by atoms with Crippen molar-refractivity contribution in [2.75, 3.05) is 20.6 Å². The maximum absolute atomic E-state index is 15.1. The van der Waals surface area contributed by atoms with Crippen molar-refractivity contribution in [3.63, 3.8) is 0 Å². The van der Waals surface area contributed by atoms with Crippen LogP contribution < -0.4 is 31.9 Å². The molecule has 0 spiro atoms. The Morgan fingerprint density at radius 1 is 0.594 bits per heavy atom. The molecule has 69 heavy (non-hydrogen) atoms. The molecule has 2 aliphatic carbocycles. The Labute approximate surface area is 409 Å². The lowest BCUT2D eigenvalue weighted by molar-refractivity contribution is -0.147. The first kappa shape index (κ1) is 51.3. The lowest BCUT2D eigenvalue weighted by Crippen LogP contribution is -2.62. The number of carbonyl (C=O) groups excluding carboxylic acids is 6. The Kier molecular flexibility index (Phi) is 15.7. The van der Waals surface area contributed by atoms with Crippen LogP contribution in [-0.4, -0.2) is 102 Å². The van der Waals surface area contributed by atoms with Gasteiger partial charge in [0.15, 0.2) is 0 Å². The highest BCUT2D eigenvalue weighted by Gasteiger charge is 2.47. The third-order valence-corrected chi connectivity index (χ3v) is 15.1. The Hall–Kier alpha value is -5.60. The number of hydrogen-bond acceptors (Lipinski definition) is 8. The lowest BCUT2D eigenvalue weighted by Gasteiger charge is -2.42. The molecule has 2 aliphatic heterocycles. The smallest absolute Gasteiger partial charge is 0.246 e. The Morgan fingerprint density at radius 3 is 1.57 bits per heavy atom. The van der Waals surface area contributed by atoms with Gasteiger partial charge in [-0.15, -0.1) is 0 Å². The van der Waals surface area contributed by atoms with Gasteiger partial charge in [0.1, 0.15) is 24.2 Å². The topological polar surface area (TPSA) is 181 Å². The number of carbonyl (C=O) groups is 6. The number of benzene rings is 3. The quantitative estimate of drug-likeness (QED) is 0.134. The summed E-state index contributed by atoms with van der Waals surface area (Å²) in [4.78, 5) is 89.5. The number of likely N-dealkylation sites (N-methyl/N-ethyl adjacent to an activating group) is 2. The predicted molar refractivity (Wildman–Crippen MR) is 268 cm³/mol. The number of nitrogens with zero attached hydrogens (tertiary/aromatic N) is 2. The van der Waals surface area contributed by atoms with Crippen molar-refractivity contribution in [1.82, 2.24) is 41.7 Å². The van der Waals surface area contributed by atoms with Gasteiger partial charge in [0.25, 0.3) is 0 Å². The average Bonchev–Trinajstić information content (AvgIpc) is 3.79. The SMILES string of the molecule is CN[C@@H](C)C(=O)NC(C(=O)N1Cc2cc(C3C[C@@H](C(=O)N[C@@H]4CCCc5ccccc54)N(C(=O)[C@@H](NC(=O)[C@H](C)NC)C(C)(C)C)C3)ccc2C[C@H]1C(=O)NC1CCCc2ccccc21)C(C)(C)C. The number of amides is 6. The second-order valence-electron chi connectivity index (χ2n) is 22.1. The Balaban J connectivity index is 1.22. The molecule has 2 heterocycles. The first-order valence-electron chi connectivity index (χ1n) is 25.1. The minimum atomic E-state index is -0.937. The van der Waals surface area contributed by atoms with Crippen LogP contribution in [0.4, 0.5) is 0 Å². The molecule has 9 atom stereocenters. The molecule has 6 N–H and O–H groups in total. The fraction of sp³-hybridized carbons (Fsp3) is 0.564. The highest BCUT2D eigenvalue weighted by molar-refractivity contribution is 5.95. The number of likely N-dealkylation sites (tertiary alicyclic amines) is 1. The molecule has 14 heteroatoms. The van der Waals surface area contributed by atoms with E-state index in [9.17, 15) is 24.0 Å². The normalized spacial score (nSPS) is 23.0. The highest BCUT2D eigenvalue weighted by atomic mass is 16.2. The van der Waals surface area contributed by atoms with Gasteiger partial charge < -0.3 is 41.7 Å². The van der Waals surface area contributed by atoms with Crippen LogP contribution in [0.3, 0.4) is 0 Å². The van der Waals surface area contributed by atoms with Crippen molar-refractivity contribution < 1.29 is 28.8 Å². The molecule has 3 unspecified atom stereocenters. The van der Waals surface area contributed by atoms with Crippen molar-refractivity contribution in [2.24, 2.45) is 10.8 Å². The van der Waals surface area contributed by atoms with Crippen LogP contribution in [0.1, 0.15) is 144 Å². The first-order chi connectivity index (χ1) is 32.7. The Bertz CT molecular complexity index is 2410. The van der Waals surface area contributed by atoms with Crippen molar-refractivity contribution in [1.29, 1.82) is 0 Å². The molecule has 0 radical (unpaired) electrons. The number of fused-ring (bicyclic) bond motifs is 3. The molecule has 7 rings (SSSR count). The van der Waals surface area contributed by atoms with E-state index in [0.29, 0.717) is 6.42 Å². The van der Waals surface area contributed by atoms with Gasteiger partial charge in [-0.3, -0.25) is 28.8 Å². The largest absolute Gasteiger partial charge is 0.347 e. The molecule has 0 saturated carbocycles. The van der Waals surface area contributed by atoms with Gasteiger partial charge in [-0.2, -0.15) is 0 Å². The average molecular weight is 945 g/mol. The van der Waals surface area contributed by atoms with E-state index in [4.69, 9.17) is 0 Å². The van der Waals surface area contributed by atoms with Gasteiger partial charge in [0.2, 0.25) is 35.4 Å². The third kappa shape index (κ3) is 11.4. The standard InChI is InChI=1S/C55H76N8O6/c1-32(56-9)48(64)60-46(54(3,4)5)52(68)62-30-38-27-36(25-26-37(38)28-44(62)50(66)58-42-23-15-19-34-17-11-13-21-40(34)42)39-29-45(51(67)59-43-24-16-20-35-18-12-14-22-41(35)43)63(31-39)53(69)47(55(6,7)8)61-49(65)33(2)57-10/h11-14,17-18,21-22,25-27,32-33,39,42-47,56-57H,15-16,19-20,23-24,28-31H2,1-10H3,(H,58,66)(H,59,67)(H,60,64)(H,61,65)/t32-,33-,39?,42?,43+,44-,45-,46?,47+/m0/s1. The monoisotopic (exact) mass is 945 g/mol. The van der Waals surface area contributed by atoms with Gasteiger partial charge in [-0.05, 0) is 123 Å². The summed E-state index contributed by atoms with van der Waals surface area (Å²) in [5.74, 6) is -2.04. The van der Waals surface area contributed by atoms with Crippen LogP contribution >= 0.6 is 0 Å². The van der Waals surface area contributed by atoms with E-state index >= 15 is 4.79 Å². The number of aryl methyl sites for hydroxylation is 2. The van der Waals surface area contributed by atoms with Crippen molar-refractivity contribution >= 4 is 35.4 Å². The van der Waals surface area contributed by atoms with E-state index in [2.05, 4.69) is 62.2 Å². The highest BCUT2D eigenvalue weighted by Crippen LogP contribution is 2.39. The van der Waals surface area contributed by atoms with Gasteiger partial charge >= 0.3 is 0 Å².